The number of aliphatic imine (C=N–C) groups is 1. The number of likely N-dealkylation sites (N-methyl/N-ethyl adjacent to an activating group) is 1. The van der Waals surface area contributed by atoms with Gasteiger partial charge in [0.15, 0.2) is 5.96 Å². The monoisotopic (exact) mass is 351 g/mol. The van der Waals surface area contributed by atoms with Gasteiger partial charge in [0.1, 0.15) is 0 Å². The normalized spacial score (nSPS) is 39.2. The summed E-state index contributed by atoms with van der Waals surface area (Å²) in [5.41, 5.74) is 0.314. The Labute approximate surface area is 120 Å². The second kappa shape index (κ2) is 4.91. The zero-order chi connectivity index (χ0) is 11.2. The lowest BCUT2D eigenvalue weighted by atomic mass is 9.75. The molecular formula is C12H22IN3O. The number of hydrogen-bond donors (Lipinski definition) is 1. The van der Waals surface area contributed by atoms with E-state index in [2.05, 4.69) is 29.2 Å². The van der Waals surface area contributed by atoms with Gasteiger partial charge in [0.05, 0.1) is 18.8 Å². The first-order valence-electron chi connectivity index (χ1n) is 6.32. The Morgan fingerprint density at radius 1 is 1.53 bits per heavy atom. The number of fused-ring (bicyclic) bond motifs is 2. The summed E-state index contributed by atoms with van der Waals surface area (Å²) in [5.74, 6) is 1.06. The number of guanidine groups is 1. The van der Waals surface area contributed by atoms with Gasteiger partial charge in [-0.2, -0.15) is 0 Å². The van der Waals surface area contributed by atoms with Crippen molar-refractivity contribution in [1.29, 1.82) is 0 Å². The summed E-state index contributed by atoms with van der Waals surface area (Å²) in [7, 11) is 2.10. The molecule has 3 heterocycles. The van der Waals surface area contributed by atoms with Crippen molar-refractivity contribution >= 4 is 29.9 Å². The van der Waals surface area contributed by atoms with Gasteiger partial charge in [0, 0.05) is 25.6 Å². The summed E-state index contributed by atoms with van der Waals surface area (Å²) in [6.45, 7) is 5.32. The number of hydrogen-bond acceptors (Lipinski definition) is 4. The van der Waals surface area contributed by atoms with Crippen molar-refractivity contribution in [3.63, 3.8) is 0 Å². The van der Waals surface area contributed by atoms with Crippen molar-refractivity contribution in [3.8, 4) is 0 Å². The van der Waals surface area contributed by atoms with E-state index in [0.29, 0.717) is 17.6 Å². The molecule has 0 saturated carbocycles. The largest absolute Gasteiger partial charge is 0.374 e. The summed E-state index contributed by atoms with van der Waals surface area (Å²) in [6, 6.07) is 0. The first kappa shape index (κ1) is 13.4. The van der Waals surface area contributed by atoms with Gasteiger partial charge >= 0.3 is 0 Å². The zero-order valence-electron chi connectivity index (χ0n) is 10.6. The minimum absolute atomic E-state index is 0. The number of rotatable bonds is 2. The Bertz CT molecular complexity index is 323. The van der Waals surface area contributed by atoms with E-state index in [1.807, 2.05) is 0 Å². The molecule has 17 heavy (non-hydrogen) atoms. The maximum atomic E-state index is 5.94. The first-order chi connectivity index (χ1) is 7.67. The van der Waals surface area contributed by atoms with Crippen LogP contribution in [0.4, 0.5) is 0 Å². The van der Waals surface area contributed by atoms with E-state index in [9.17, 15) is 0 Å². The molecule has 0 aromatic rings. The third kappa shape index (κ3) is 2.41. The topological polar surface area (TPSA) is 36.9 Å². The van der Waals surface area contributed by atoms with Gasteiger partial charge in [-0.1, -0.05) is 6.92 Å². The Morgan fingerprint density at radius 3 is 2.88 bits per heavy atom. The second-order valence-corrected chi connectivity index (χ2v) is 5.66. The number of ether oxygens (including phenoxy) is 1. The molecule has 3 aliphatic rings. The maximum absolute atomic E-state index is 5.94. The third-order valence-corrected chi connectivity index (χ3v) is 4.29. The van der Waals surface area contributed by atoms with Gasteiger partial charge in [0.25, 0.3) is 0 Å². The maximum Gasteiger partial charge on any atom is 0.193 e. The van der Waals surface area contributed by atoms with Crippen molar-refractivity contribution in [2.24, 2.45) is 10.4 Å². The quantitative estimate of drug-likeness (QED) is 0.766. The molecule has 0 aromatic carbocycles. The van der Waals surface area contributed by atoms with Crippen LogP contribution in [0.1, 0.15) is 26.2 Å². The average Bonchev–Trinajstić information content (AvgIpc) is 2.91. The molecule has 0 spiro atoms. The highest BCUT2D eigenvalue weighted by Gasteiger charge is 2.49. The molecule has 2 fully saturated rings. The smallest absolute Gasteiger partial charge is 0.193 e. The zero-order valence-corrected chi connectivity index (χ0v) is 12.9. The van der Waals surface area contributed by atoms with Crippen LogP contribution in [0.2, 0.25) is 0 Å². The van der Waals surface area contributed by atoms with E-state index < -0.39 is 0 Å². The predicted molar refractivity (Wildman–Crippen MR) is 79.0 cm³/mol. The van der Waals surface area contributed by atoms with Crippen LogP contribution in [0.25, 0.3) is 0 Å². The Hall–Kier alpha value is -0.0400. The molecule has 4 nitrogen and oxygen atoms in total. The van der Waals surface area contributed by atoms with E-state index in [1.54, 1.807) is 0 Å². The Kier molecular flexibility index (Phi) is 3.87. The minimum atomic E-state index is 0. The fraction of sp³-hybridized carbons (Fsp3) is 0.917. The summed E-state index contributed by atoms with van der Waals surface area (Å²) >= 11 is 0. The molecule has 0 radical (unpaired) electrons. The summed E-state index contributed by atoms with van der Waals surface area (Å²) in [5, 5.41) is 3.49. The highest BCUT2D eigenvalue weighted by atomic mass is 127. The van der Waals surface area contributed by atoms with Gasteiger partial charge in [-0.25, -0.2) is 0 Å². The van der Waals surface area contributed by atoms with Crippen molar-refractivity contribution in [3.05, 3.63) is 0 Å². The van der Waals surface area contributed by atoms with E-state index in [1.165, 1.54) is 19.3 Å². The molecule has 0 aliphatic carbocycles. The van der Waals surface area contributed by atoms with Gasteiger partial charge in [0.2, 0.25) is 0 Å². The van der Waals surface area contributed by atoms with Crippen molar-refractivity contribution in [2.45, 2.75) is 38.4 Å². The van der Waals surface area contributed by atoms with Crippen LogP contribution in [-0.2, 0) is 4.74 Å². The fourth-order valence-corrected chi connectivity index (χ4v) is 3.21. The Balaban J connectivity index is 0.00000108. The van der Waals surface area contributed by atoms with E-state index in [-0.39, 0.29) is 24.0 Å². The van der Waals surface area contributed by atoms with Gasteiger partial charge in [-0.3, -0.25) is 4.99 Å². The summed E-state index contributed by atoms with van der Waals surface area (Å²) < 4.78 is 5.94. The lowest BCUT2D eigenvalue weighted by Crippen LogP contribution is -2.45. The summed E-state index contributed by atoms with van der Waals surface area (Å²) in [4.78, 5) is 6.65. The molecule has 3 unspecified atom stereocenters. The predicted octanol–water partition coefficient (Wildman–Crippen LogP) is 1.45. The summed E-state index contributed by atoms with van der Waals surface area (Å²) in [6.07, 6.45) is 4.71. The van der Waals surface area contributed by atoms with Crippen LogP contribution in [0.15, 0.2) is 4.99 Å². The van der Waals surface area contributed by atoms with E-state index in [4.69, 9.17) is 4.74 Å². The average molecular weight is 351 g/mol. The van der Waals surface area contributed by atoms with Crippen molar-refractivity contribution in [2.75, 3.05) is 26.7 Å². The molecule has 3 atom stereocenters. The second-order valence-electron chi connectivity index (χ2n) is 5.66. The standard InChI is InChI=1S/C12H21N3O.HI/c1-12(7-9-3-4-10(12)16-9)8-14-11-13-5-6-15(11)2;/h9-10H,3-8H2,1-2H3,(H,13,14);1H. The Morgan fingerprint density at radius 2 is 2.35 bits per heavy atom. The van der Waals surface area contributed by atoms with E-state index in [0.717, 1.165) is 25.6 Å². The van der Waals surface area contributed by atoms with Crippen molar-refractivity contribution < 1.29 is 4.74 Å². The first-order valence-corrected chi connectivity index (χ1v) is 6.32. The molecule has 2 bridgehead atoms. The highest BCUT2D eigenvalue weighted by molar-refractivity contribution is 14.0. The van der Waals surface area contributed by atoms with Gasteiger partial charge in [-0.15, -0.1) is 24.0 Å². The highest BCUT2D eigenvalue weighted by Crippen LogP contribution is 2.46. The van der Waals surface area contributed by atoms with Crippen LogP contribution in [0.5, 0.6) is 0 Å². The molecule has 3 aliphatic heterocycles. The van der Waals surface area contributed by atoms with Crippen LogP contribution >= 0.6 is 24.0 Å². The number of halogens is 1. The van der Waals surface area contributed by atoms with Crippen LogP contribution in [0, 0.1) is 5.41 Å². The van der Waals surface area contributed by atoms with E-state index >= 15 is 0 Å². The molecule has 2 saturated heterocycles. The fourth-order valence-electron chi connectivity index (χ4n) is 3.21. The minimum Gasteiger partial charge on any atom is -0.374 e. The number of nitrogens with zero attached hydrogens (tertiary/aromatic N) is 2. The van der Waals surface area contributed by atoms with Gasteiger partial charge < -0.3 is 15.0 Å². The van der Waals surface area contributed by atoms with Gasteiger partial charge in [-0.05, 0) is 19.3 Å². The molecule has 3 rings (SSSR count). The van der Waals surface area contributed by atoms with Crippen LogP contribution in [0.3, 0.4) is 0 Å². The van der Waals surface area contributed by atoms with Crippen LogP contribution in [-0.4, -0.2) is 49.7 Å². The lowest BCUT2D eigenvalue weighted by molar-refractivity contribution is 0.0687. The van der Waals surface area contributed by atoms with Crippen molar-refractivity contribution in [1.82, 2.24) is 10.2 Å². The number of nitrogens with one attached hydrogen (secondary N) is 1. The molecule has 0 aromatic heterocycles. The lowest BCUT2D eigenvalue weighted by Gasteiger charge is -2.32. The molecule has 0 amide bonds. The SMILES string of the molecule is CN1CCN=C1NCC1(C)CC2CCC1O2.I. The van der Waals surface area contributed by atoms with Crippen LogP contribution < -0.4 is 5.32 Å². The third-order valence-electron chi connectivity index (χ3n) is 4.29. The molecular weight excluding hydrogens is 329 g/mol. The molecule has 1 N–H and O–H groups in total. The molecule has 5 heteroatoms. The molecule has 98 valence electrons.